The summed E-state index contributed by atoms with van der Waals surface area (Å²) >= 11 is 3.26. The van der Waals surface area contributed by atoms with Gasteiger partial charge >= 0.3 is 0 Å². The molecule has 0 radical (unpaired) electrons. The van der Waals surface area contributed by atoms with Crippen LogP contribution in [-0.4, -0.2) is 48.4 Å². The smallest absolute Gasteiger partial charge is 0.256 e. The zero-order valence-electron chi connectivity index (χ0n) is 10.5. The molecule has 1 atom stereocenters. The predicted octanol–water partition coefficient (Wildman–Crippen LogP) is 2.36. The van der Waals surface area contributed by atoms with E-state index in [2.05, 4.69) is 27.8 Å². The lowest BCUT2D eigenvalue weighted by molar-refractivity contribution is 0.0568. The fourth-order valence-electron chi connectivity index (χ4n) is 2.06. The first-order valence-corrected chi connectivity index (χ1v) is 6.73. The number of likely N-dealkylation sites (N-methyl/N-ethyl adjacent to an activating group) is 1. The van der Waals surface area contributed by atoms with Gasteiger partial charge in [0.1, 0.15) is 5.82 Å². The maximum absolute atomic E-state index is 13.7. The number of rotatable bonds is 1. The number of benzene rings is 1. The number of piperazine rings is 1. The van der Waals surface area contributed by atoms with E-state index in [1.54, 1.807) is 17.0 Å². The van der Waals surface area contributed by atoms with Gasteiger partial charge in [0, 0.05) is 30.1 Å². The third-order valence-electron chi connectivity index (χ3n) is 3.41. The Bertz CT molecular complexity index is 466. The topological polar surface area (TPSA) is 23.6 Å². The minimum absolute atomic E-state index is 0.140. The molecule has 2 rings (SSSR count). The number of carbonyl (C=O) groups excluding carboxylic acids is 1. The molecule has 1 fully saturated rings. The summed E-state index contributed by atoms with van der Waals surface area (Å²) in [6.45, 7) is 4.17. The van der Waals surface area contributed by atoms with Crippen LogP contribution in [0.1, 0.15) is 17.3 Å². The van der Waals surface area contributed by atoms with Gasteiger partial charge in [-0.3, -0.25) is 4.79 Å². The van der Waals surface area contributed by atoms with Gasteiger partial charge in [0.2, 0.25) is 0 Å². The van der Waals surface area contributed by atoms with E-state index in [-0.39, 0.29) is 11.5 Å². The third-order valence-corrected chi connectivity index (χ3v) is 3.90. The Morgan fingerprint density at radius 2 is 2.17 bits per heavy atom. The lowest BCUT2D eigenvalue weighted by Gasteiger charge is -2.37. The van der Waals surface area contributed by atoms with E-state index in [0.29, 0.717) is 19.1 Å². The Balaban J connectivity index is 2.19. The Kier molecular flexibility index (Phi) is 4.02. The van der Waals surface area contributed by atoms with Crippen LogP contribution in [0.5, 0.6) is 0 Å². The van der Waals surface area contributed by atoms with Crippen molar-refractivity contribution in [2.75, 3.05) is 26.7 Å². The van der Waals surface area contributed by atoms with Crippen molar-refractivity contribution < 1.29 is 9.18 Å². The van der Waals surface area contributed by atoms with Crippen molar-refractivity contribution in [2.45, 2.75) is 13.0 Å². The molecule has 1 aliphatic heterocycles. The minimum atomic E-state index is -0.463. The van der Waals surface area contributed by atoms with Crippen LogP contribution in [0.3, 0.4) is 0 Å². The summed E-state index contributed by atoms with van der Waals surface area (Å²) in [5.41, 5.74) is 0.140. The number of amides is 1. The van der Waals surface area contributed by atoms with E-state index in [1.807, 2.05) is 7.05 Å². The molecule has 0 aromatic heterocycles. The number of hydrogen-bond acceptors (Lipinski definition) is 2. The van der Waals surface area contributed by atoms with Crippen LogP contribution in [0.15, 0.2) is 22.7 Å². The Hall–Kier alpha value is -0.940. The van der Waals surface area contributed by atoms with Crippen molar-refractivity contribution in [1.29, 1.82) is 0 Å². The molecule has 0 spiro atoms. The highest BCUT2D eigenvalue weighted by Gasteiger charge is 2.26. The van der Waals surface area contributed by atoms with Gasteiger partial charge in [-0.2, -0.15) is 0 Å². The second-order valence-corrected chi connectivity index (χ2v) is 5.62. The molecule has 3 nitrogen and oxygen atoms in total. The summed E-state index contributed by atoms with van der Waals surface area (Å²) in [5.74, 6) is -0.691. The zero-order valence-corrected chi connectivity index (χ0v) is 12.1. The fraction of sp³-hybridized carbons (Fsp3) is 0.462. The van der Waals surface area contributed by atoms with Crippen LogP contribution >= 0.6 is 15.9 Å². The summed E-state index contributed by atoms with van der Waals surface area (Å²) < 4.78 is 14.4. The van der Waals surface area contributed by atoms with Gasteiger partial charge in [-0.25, -0.2) is 4.39 Å². The highest BCUT2D eigenvalue weighted by molar-refractivity contribution is 9.10. The Morgan fingerprint density at radius 1 is 1.44 bits per heavy atom. The van der Waals surface area contributed by atoms with Crippen LogP contribution in [0.25, 0.3) is 0 Å². The maximum Gasteiger partial charge on any atom is 0.256 e. The molecule has 1 saturated heterocycles. The molecular weight excluding hydrogens is 299 g/mol. The molecule has 98 valence electrons. The SMILES string of the molecule is CC1CN(C(=O)c2cc(Br)ccc2F)CCN1C. The van der Waals surface area contributed by atoms with E-state index >= 15 is 0 Å². The lowest BCUT2D eigenvalue weighted by atomic mass is 10.1. The van der Waals surface area contributed by atoms with Gasteiger partial charge in [-0.05, 0) is 32.2 Å². The summed E-state index contributed by atoms with van der Waals surface area (Å²) in [7, 11) is 2.03. The highest BCUT2D eigenvalue weighted by atomic mass is 79.9. The number of carbonyl (C=O) groups is 1. The highest BCUT2D eigenvalue weighted by Crippen LogP contribution is 2.19. The normalized spacial score (nSPS) is 21.1. The fourth-order valence-corrected chi connectivity index (χ4v) is 2.43. The molecule has 0 bridgehead atoms. The molecule has 1 heterocycles. The second kappa shape index (κ2) is 5.36. The molecule has 0 N–H and O–H groups in total. The molecule has 0 saturated carbocycles. The molecule has 18 heavy (non-hydrogen) atoms. The van der Waals surface area contributed by atoms with Crippen molar-refractivity contribution in [3.8, 4) is 0 Å². The first kappa shape index (κ1) is 13.5. The number of nitrogens with zero attached hydrogens (tertiary/aromatic N) is 2. The zero-order chi connectivity index (χ0) is 13.3. The van der Waals surface area contributed by atoms with E-state index in [4.69, 9.17) is 0 Å². The molecule has 1 aromatic carbocycles. The Labute approximate surface area is 115 Å². The quantitative estimate of drug-likeness (QED) is 0.794. The Morgan fingerprint density at radius 3 is 2.83 bits per heavy atom. The van der Waals surface area contributed by atoms with Crippen LogP contribution in [0, 0.1) is 5.82 Å². The van der Waals surface area contributed by atoms with E-state index < -0.39 is 5.82 Å². The monoisotopic (exact) mass is 314 g/mol. The lowest BCUT2D eigenvalue weighted by Crippen LogP contribution is -2.52. The summed E-state index contributed by atoms with van der Waals surface area (Å²) in [6, 6.07) is 4.76. The molecule has 5 heteroatoms. The molecule has 1 aromatic rings. The number of hydrogen-bond donors (Lipinski definition) is 0. The molecule has 1 aliphatic rings. The van der Waals surface area contributed by atoms with Gasteiger partial charge < -0.3 is 9.80 Å². The van der Waals surface area contributed by atoms with Gasteiger partial charge in [0.25, 0.3) is 5.91 Å². The van der Waals surface area contributed by atoms with Gasteiger partial charge in [-0.15, -0.1) is 0 Å². The van der Waals surface area contributed by atoms with Crippen molar-refractivity contribution in [3.05, 3.63) is 34.1 Å². The third kappa shape index (κ3) is 2.72. The van der Waals surface area contributed by atoms with Crippen LogP contribution < -0.4 is 0 Å². The average molecular weight is 315 g/mol. The molecule has 1 unspecified atom stereocenters. The summed E-state index contributed by atoms with van der Waals surface area (Å²) in [6.07, 6.45) is 0. The molecule has 0 aliphatic carbocycles. The predicted molar refractivity (Wildman–Crippen MR) is 72.1 cm³/mol. The van der Waals surface area contributed by atoms with Crippen LogP contribution in [0.2, 0.25) is 0 Å². The average Bonchev–Trinajstić information content (AvgIpc) is 2.35. The van der Waals surface area contributed by atoms with Crippen LogP contribution in [-0.2, 0) is 0 Å². The first-order chi connectivity index (χ1) is 8.49. The van der Waals surface area contributed by atoms with E-state index in [9.17, 15) is 9.18 Å². The van der Waals surface area contributed by atoms with Gasteiger partial charge in [0.15, 0.2) is 0 Å². The van der Waals surface area contributed by atoms with E-state index in [1.165, 1.54) is 6.07 Å². The first-order valence-electron chi connectivity index (χ1n) is 5.93. The van der Waals surface area contributed by atoms with E-state index in [0.717, 1.165) is 11.0 Å². The summed E-state index contributed by atoms with van der Waals surface area (Å²) in [4.78, 5) is 16.2. The van der Waals surface area contributed by atoms with Crippen molar-refractivity contribution >= 4 is 21.8 Å². The van der Waals surface area contributed by atoms with Gasteiger partial charge in [0.05, 0.1) is 5.56 Å². The minimum Gasteiger partial charge on any atom is -0.336 e. The largest absolute Gasteiger partial charge is 0.336 e. The summed E-state index contributed by atoms with van der Waals surface area (Å²) in [5, 5.41) is 0. The van der Waals surface area contributed by atoms with Crippen molar-refractivity contribution in [3.63, 3.8) is 0 Å². The maximum atomic E-state index is 13.7. The van der Waals surface area contributed by atoms with Crippen molar-refractivity contribution in [2.24, 2.45) is 0 Å². The van der Waals surface area contributed by atoms with Crippen LogP contribution in [0.4, 0.5) is 4.39 Å². The number of halogens is 2. The van der Waals surface area contributed by atoms with Crippen molar-refractivity contribution in [1.82, 2.24) is 9.80 Å². The van der Waals surface area contributed by atoms with Gasteiger partial charge in [-0.1, -0.05) is 15.9 Å². The molecular formula is C13H16BrFN2O. The second-order valence-electron chi connectivity index (χ2n) is 4.70. The molecule has 1 amide bonds. The standard InChI is InChI=1S/C13H16BrFN2O/c1-9-8-17(6-5-16(9)2)13(18)11-7-10(14)3-4-12(11)15/h3-4,7,9H,5-6,8H2,1-2H3.